The molecular formula is C16H29NO2. The van der Waals surface area contributed by atoms with E-state index in [0.717, 1.165) is 25.7 Å². The molecule has 1 N–H and O–H groups in total. The summed E-state index contributed by atoms with van der Waals surface area (Å²) in [5, 5.41) is 3.61. The minimum Gasteiger partial charge on any atom is -0.468 e. The maximum Gasteiger partial charge on any atom is 0.323 e. The van der Waals surface area contributed by atoms with Crippen LogP contribution < -0.4 is 5.32 Å². The molecule has 0 spiro atoms. The lowest BCUT2D eigenvalue weighted by molar-refractivity contribution is -0.144. The van der Waals surface area contributed by atoms with Crippen molar-refractivity contribution >= 4 is 5.97 Å². The first-order valence-corrected chi connectivity index (χ1v) is 7.56. The predicted octanol–water partition coefficient (Wildman–Crippen LogP) is 3.13. The first-order valence-electron chi connectivity index (χ1n) is 7.56. The first-order chi connectivity index (χ1) is 8.72. The SMILES string of the molecule is COC(=O)C(NC1CC(C)(C)CC(C)(C)C1)C1CC1. The third-order valence-corrected chi connectivity index (χ3v) is 4.52. The summed E-state index contributed by atoms with van der Waals surface area (Å²) in [6.07, 6.45) is 5.87. The summed E-state index contributed by atoms with van der Waals surface area (Å²) in [5.74, 6) is 0.421. The summed E-state index contributed by atoms with van der Waals surface area (Å²) in [6, 6.07) is 0.350. The van der Waals surface area contributed by atoms with E-state index in [9.17, 15) is 4.79 Å². The van der Waals surface area contributed by atoms with Gasteiger partial charge in [-0.2, -0.15) is 0 Å². The first kappa shape index (κ1) is 14.8. The molecule has 0 aromatic heterocycles. The molecule has 1 atom stereocenters. The molecule has 0 aromatic carbocycles. The Hall–Kier alpha value is -0.570. The van der Waals surface area contributed by atoms with Gasteiger partial charge in [-0.05, 0) is 48.9 Å². The summed E-state index contributed by atoms with van der Waals surface area (Å²) in [5.41, 5.74) is 0.702. The van der Waals surface area contributed by atoms with Gasteiger partial charge in [-0.3, -0.25) is 4.79 Å². The van der Waals surface area contributed by atoms with Crippen molar-refractivity contribution in [2.75, 3.05) is 7.11 Å². The number of carbonyl (C=O) groups excluding carboxylic acids is 1. The Labute approximate surface area is 117 Å². The molecule has 0 saturated heterocycles. The van der Waals surface area contributed by atoms with E-state index in [1.165, 1.54) is 13.5 Å². The smallest absolute Gasteiger partial charge is 0.323 e. The van der Waals surface area contributed by atoms with Crippen molar-refractivity contribution in [2.24, 2.45) is 16.7 Å². The second-order valence-corrected chi connectivity index (χ2v) is 8.12. The molecular weight excluding hydrogens is 238 g/mol. The average Bonchev–Trinajstić information content (AvgIpc) is 3.04. The van der Waals surface area contributed by atoms with E-state index >= 15 is 0 Å². The van der Waals surface area contributed by atoms with Gasteiger partial charge in [0.25, 0.3) is 0 Å². The number of hydrogen-bond donors (Lipinski definition) is 1. The predicted molar refractivity (Wildman–Crippen MR) is 76.9 cm³/mol. The molecule has 0 amide bonds. The zero-order valence-electron chi connectivity index (χ0n) is 13.1. The molecule has 0 radical (unpaired) electrons. The Bertz CT molecular complexity index is 329. The Kier molecular flexibility index (Phi) is 3.97. The van der Waals surface area contributed by atoms with Gasteiger partial charge in [-0.25, -0.2) is 0 Å². The zero-order chi connectivity index (χ0) is 14.3. The van der Waals surface area contributed by atoms with Crippen LogP contribution >= 0.6 is 0 Å². The van der Waals surface area contributed by atoms with Crippen LogP contribution in [-0.2, 0) is 9.53 Å². The summed E-state index contributed by atoms with van der Waals surface area (Å²) >= 11 is 0. The highest BCUT2D eigenvalue weighted by Gasteiger charge is 2.43. The Morgan fingerprint density at radius 2 is 1.68 bits per heavy atom. The number of ether oxygens (including phenoxy) is 1. The van der Waals surface area contributed by atoms with Crippen molar-refractivity contribution in [3.63, 3.8) is 0 Å². The quantitative estimate of drug-likeness (QED) is 0.795. The highest BCUT2D eigenvalue weighted by Crippen LogP contribution is 2.46. The van der Waals surface area contributed by atoms with Crippen molar-refractivity contribution in [3.8, 4) is 0 Å². The van der Waals surface area contributed by atoms with Crippen LogP contribution in [0, 0.1) is 16.7 Å². The lowest BCUT2D eigenvalue weighted by Crippen LogP contribution is -2.51. The summed E-state index contributed by atoms with van der Waals surface area (Å²) in [7, 11) is 1.49. The van der Waals surface area contributed by atoms with Crippen LogP contribution in [0.4, 0.5) is 0 Å². The van der Waals surface area contributed by atoms with Gasteiger partial charge in [-0.1, -0.05) is 27.7 Å². The lowest BCUT2D eigenvalue weighted by Gasteiger charge is -2.46. The maximum atomic E-state index is 11.9. The molecule has 3 nitrogen and oxygen atoms in total. The molecule has 0 aromatic rings. The highest BCUT2D eigenvalue weighted by molar-refractivity contribution is 5.76. The lowest BCUT2D eigenvalue weighted by atomic mass is 9.63. The minimum absolute atomic E-state index is 0.0799. The second kappa shape index (κ2) is 5.08. The van der Waals surface area contributed by atoms with Crippen LogP contribution in [0.1, 0.15) is 59.8 Å². The molecule has 2 rings (SSSR count). The fourth-order valence-electron chi connectivity index (χ4n) is 4.17. The van der Waals surface area contributed by atoms with E-state index in [4.69, 9.17) is 4.74 Å². The Morgan fingerprint density at radius 1 is 1.16 bits per heavy atom. The molecule has 2 fully saturated rings. The van der Waals surface area contributed by atoms with Crippen molar-refractivity contribution in [2.45, 2.75) is 71.9 Å². The molecule has 0 bridgehead atoms. The van der Waals surface area contributed by atoms with E-state index in [1.807, 2.05) is 0 Å². The van der Waals surface area contributed by atoms with Crippen LogP contribution in [-0.4, -0.2) is 25.2 Å². The molecule has 2 saturated carbocycles. The standard InChI is InChI=1S/C16H29NO2/c1-15(2)8-12(9-16(3,4)10-15)17-13(11-6-7-11)14(18)19-5/h11-13,17H,6-10H2,1-5H3. The zero-order valence-corrected chi connectivity index (χ0v) is 13.1. The topological polar surface area (TPSA) is 38.3 Å². The largest absolute Gasteiger partial charge is 0.468 e. The van der Waals surface area contributed by atoms with Crippen molar-refractivity contribution in [3.05, 3.63) is 0 Å². The molecule has 0 aliphatic heterocycles. The van der Waals surface area contributed by atoms with Gasteiger partial charge < -0.3 is 10.1 Å². The summed E-state index contributed by atoms with van der Waals surface area (Å²) in [6.45, 7) is 9.36. The van der Waals surface area contributed by atoms with E-state index in [1.54, 1.807) is 0 Å². The Morgan fingerprint density at radius 3 is 2.11 bits per heavy atom. The van der Waals surface area contributed by atoms with Crippen molar-refractivity contribution in [1.82, 2.24) is 5.32 Å². The van der Waals surface area contributed by atoms with Gasteiger partial charge in [0, 0.05) is 6.04 Å². The number of carbonyl (C=O) groups is 1. The van der Waals surface area contributed by atoms with Crippen LogP contribution in [0.3, 0.4) is 0 Å². The number of rotatable bonds is 4. The van der Waals surface area contributed by atoms with Crippen LogP contribution in [0.25, 0.3) is 0 Å². The third kappa shape index (κ3) is 3.95. The summed E-state index contributed by atoms with van der Waals surface area (Å²) in [4.78, 5) is 11.9. The van der Waals surface area contributed by atoms with E-state index < -0.39 is 0 Å². The summed E-state index contributed by atoms with van der Waals surface area (Å²) < 4.78 is 4.96. The number of hydrogen-bond acceptors (Lipinski definition) is 3. The fourth-order valence-corrected chi connectivity index (χ4v) is 4.17. The molecule has 3 heteroatoms. The van der Waals surface area contributed by atoms with Crippen molar-refractivity contribution < 1.29 is 9.53 Å². The van der Waals surface area contributed by atoms with Crippen LogP contribution in [0.15, 0.2) is 0 Å². The van der Waals surface area contributed by atoms with Crippen LogP contribution in [0.2, 0.25) is 0 Å². The molecule has 19 heavy (non-hydrogen) atoms. The van der Waals surface area contributed by atoms with Gasteiger partial charge in [-0.15, -0.1) is 0 Å². The fraction of sp³-hybridized carbons (Fsp3) is 0.938. The van der Waals surface area contributed by atoms with Gasteiger partial charge in [0.1, 0.15) is 6.04 Å². The molecule has 2 aliphatic rings. The molecule has 2 aliphatic carbocycles. The normalized spacial score (nSPS) is 27.8. The van der Waals surface area contributed by atoms with Gasteiger partial charge >= 0.3 is 5.97 Å². The van der Waals surface area contributed by atoms with E-state index in [2.05, 4.69) is 33.0 Å². The molecule has 0 heterocycles. The number of methoxy groups -OCH3 is 1. The number of esters is 1. The maximum absolute atomic E-state index is 11.9. The van der Waals surface area contributed by atoms with Gasteiger partial charge in [0.15, 0.2) is 0 Å². The third-order valence-electron chi connectivity index (χ3n) is 4.52. The van der Waals surface area contributed by atoms with E-state index in [-0.39, 0.29) is 12.0 Å². The molecule has 110 valence electrons. The average molecular weight is 267 g/mol. The Balaban J connectivity index is 2.02. The van der Waals surface area contributed by atoms with E-state index in [0.29, 0.717) is 22.8 Å². The highest BCUT2D eigenvalue weighted by atomic mass is 16.5. The molecule has 1 unspecified atom stereocenters. The minimum atomic E-state index is -0.0836. The van der Waals surface area contributed by atoms with Gasteiger partial charge in [0.2, 0.25) is 0 Å². The van der Waals surface area contributed by atoms with Crippen LogP contribution in [0.5, 0.6) is 0 Å². The number of nitrogens with one attached hydrogen (secondary N) is 1. The van der Waals surface area contributed by atoms with Crippen molar-refractivity contribution in [1.29, 1.82) is 0 Å². The second-order valence-electron chi connectivity index (χ2n) is 8.12. The monoisotopic (exact) mass is 267 g/mol. The van der Waals surface area contributed by atoms with Gasteiger partial charge in [0.05, 0.1) is 7.11 Å².